The van der Waals surface area contributed by atoms with Crippen LogP contribution in [0.25, 0.3) is 0 Å². The zero-order valence-electron chi connectivity index (χ0n) is 12.0. The molecule has 0 N–H and O–H groups in total. The first kappa shape index (κ1) is 11.5. The Morgan fingerprint density at radius 3 is 1.20 bits per heavy atom. The number of carbonyl (C=O) groups excluding carboxylic acids is 2. The van der Waals surface area contributed by atoms with E-state index in [1.807, 2.05) is 0 Å². The van der Waals surface area contributed by atoms with E-state index in [-0.39, 0.29) is 22.6 Å². The van der Waals surface area contributed by atoms with Gasteiger partial charge in [0, 0.05) is 14.1 Å². The van der Waals surface area contributed by atoms with Gasteiger partial charge in [-0.05, 0) is 35.5 Å². The van der Waals surface area contributed by atoms with Gasteiger partial charge >= 0.3 is 0 Å². The highest BCUT2D eigenvalue weighted by molar-refractivity contribution is 5.99. The topological polar surface area (TPSA) is 59.1 Å². The van der Waals surface area contributed by atoms with Crippen molar-refractivity contribution in [2.75, 3.05) is 28.3 Å². The molecule has 20 heavy (non-hydrogen) atoms. The van der Waals surface area contributed by atoms with E-state index in [4.69, 9.17) is 9.68 Å². The van der Waals surface area contributed by atoms with Gasteiger partial charge < -0.3 is 0 Å². The molecule has 6 heteroatoms. The minimum atomic E-state index is -0.154. The molecule has 0 aromatic rings. The second-order valence-electron chi connectivity index (χ2n) is 6.99. The molecule has 0 unspecified atom stereocenters. The molecule has 6 nitrogen and oxygen atoms in total. The second-order valence-corrected chi connectivity index (χ2v) is 6.99. The van der Waals surface area contributed by atoms with Crippen LogP contribution in [0.3, 0.4) is 0 Å². The fraction of sp³-hybridized carbons (Fsp3) is 0.857. The van der Waals surface area contributed by atoms with Crippen LogP contribution in [-0.2, 0) is 19.3 Å². The predicted molar refractivity (Wildman–Crippen MR) is 65.4 cm³/mol. The minimum absolute atomic E-state index is 0.129. The summed E-state index contributed by atoms with van der Waals surface area (Å²) < 4.78 is 0. The van der Waals surface area contributed by atoms with Crippen molar-refractivity contribution in [3.63, 3.8) is 0 Å². The number of hydrogen-bond donors (Lipinski definition) is 0. The van der Waals surface area contributed by atoms with Crippen molar-refractivity contribution in [1.29, 1.82) is 0 Å². The normalized spacial score (nSPS) is 57.2. The highest BCUT2D eigenvalue weighted by Gasteiger charge is 3.13. The lowest BCUT2D eigenvalue weighted by Crippen LogP contribution is -3.12. The van der Waals surface area contributed by atoms with Gasteiger partial charge in [-0.2, -0.15) is 0 Å². The lowest BCUT2D eigenvalue weighted by Gasteiger charge is -3.09. The maximum absolute atomic E-state index is 12.5. The minimum Gasteiger partial charge on any atom is -0.275 e. The van der Waals surface area contributed by atoms with Crippen molar-refractivity contribution < 1.29 is 19.3 Å². The Morgan fingerprint density at radius 2 is 1.00 bits per heavy atom. The third-order valence-corrected chi connectivity index (χ3v) is 7.49. The average Bonchev–Trinajstić information content (AvgIpc) is 2.51. The summed E-state index contributed by atoms with van der Waals surface area (Å²) in [6, 6.07) is 0. The lowest BCUT2D eigenvalue weighted by atomic mass is 8.92. The third kappa shape index (κ3) is 0.618. The first-order valence-electron chi connectivity index (χ1n) is 7.16. The van der Waals surface area contributed by atoms with E-state index in [2.05, 4.69) is 0 Å². The zero-order valence-corrected chi connectivity index (χ0v) is 12.0. The van der Waals surface area contributed by atoms with Gasteiger partial charge in [0.15, 0.2) is 0 Å². The highest BCUT2D eigenvalue weighted by atomic mass is 16.7. The van der Waals surface area contributed by atoms with Gasteiger partial charge in [0.25, 0.3) is 11.8 Å². The van der Waals surface area contributed by atoms with E-state index in [1.165, 1.54) is 24.3 Å². The van der Waals surface area contributed by atoms with Crippen molar-refractivity contribution in [3.8, 4) is 0 Å². The van der Waals surface area contributed by atoms with E-state index >= 15 is 0 Å². The van der Waals surface area contributed by atoms with Crippen LogP contribution in [0, 0.1) is 46.3 Å². The number of hydrogen-bond acceptors (Lipinski definition) is 4. The molecule has 0 saturated heterocycles. The summed E-state index contributed by atoms with van der Waals surface area (Å²) in [6.45, 7) is 0. The molecule has 6 fully saturated rings. The molecular formula is C14H18N2O4. The smallest absolute Gasteiger partial charge is 0.252 e. The molecular weight excluding hydrogens is 260 g/mol. The zero-order chi connectivity index (χ0) is 14.2. The van der Waals surface area contributed by atoms with Crippen molar-refractivity contribution in [2.24, 2.45) is 46.3 Å². The van der Waals surface area contributed by atoms with Gasteiger partial charge in [-0.1, -0.05) is 0 Å². The Morgan fingerprint density at radius 1 is 0.750 bits per heavy atom. The van der Waals surface area contributed by atoms with Crippen molar-refractivity contribution in [2.45, 2.75) is 0 Å². The van der Waals surface area contributed by atoms with Gasteiger partial charge in [-0.15, -0.1) is 0 Å². The van der Waals surface area contributed by atoms with Gasteiger partial charge in [0.1, 0.15) is 0 Å². The summed E-state index contributed by atoms with van der Waals surface area (Å²) >= 11 is 0. The van der Waals surface area contributed by atoms with Gasteiger partial charge in [0.05, 0.1) is 25.0 Å². The predicted octanol–water partition coefficient (Wildman–Crippen LogP) is -0.236. The third-order valence-electron chi connectivity index (χ3n) is 7.49. The number of hydroxylamine groups is 4. The summed E-state index contributed by atoms with van der Waals surface area (Å²) in [4.78, 5) is 35.1. The molecule has 0 radical (unpaired) electrons. The van der Waals surface area contributed by atoms with E-state index in [9.17, 15) is 9.59 Å². The number of carbonyl (C=O) groups is 2. The molecule has 0 atom stereocenters. The molecule has 2 amide bonds. The van der Waals surface area contributed by atoms with Crippen LogP contribution in [0.5, 0.6) is 0 Å². The van der Waals surface area contributed by atoms with Crippen LogP contribution < -0.4 is 0 Å². The average molecular weight is 278 g/mol. The molecule has 6 rings (SSSR count). The largest absolute Gasteiger partial charge is 0.275 e. The molecule has 0 aliphatic heterocycles. The lowest BCUT2D eigenvalue weighted by molar-refractivity contribution is -0.628. The van der Waals surface area contributed by atoms with E-state index in [1.54, 1.807) is 14.1 Å². The van der Waals surface area contributed by atoms with Gasteiger partial charge in [0.2, 0.25) is 0 Å². The monoisotopic (exact) mass is 278 g/mol. The van der Waals surface area contributed by atoms with Crippen molar-refractivity contribution >= 4 is 11.8 Å². The molecule has 0 aromatic heterocycles. The van der Waals surface area contributed by atoms with Crippen LogP contribution in [0.15, 0.2) is 0 Å². The fourth-order valence-electron chi connectivity index (χ4n) is 7.09. The van der Waals surface area contributed by atoms with Crippen LogP contribution in [0.1, 0.15) is 0 Å². The first-order valence-corrected chi connectivity index (χ1v) is 7.16. The highest BCUT2D eigenvalue weighted by Crippen LogP contribution is 3.10. The molecule has 6 aliphatic rings. The standard InChI is InChI=1S/C14H18N2O4/c1-15(19-3)11(17)13-5-8-6(13)10-7(13)9(5)14(8,10)12(18)16(2)20-4/h5-10H,1-4H3. The Kier molecular flexibility index (Phi) is 1.59. The summed E-state index contributed by atoms with van der Waals surface area (Å²) in [6.07, 6.45) is 0. The van der Waals surface area contributed by atoms with E-state index in [0.717, 1.165) is 0 Å². The Bertz CT molecular complexity index is 470. The Hall–Kier alpha value is -1.14. The van der Waals surface area contributed by atoms with Crippen LogP contribution in [0.4, 0.5) is 0 Å². The summed E-state index contributed by atoms with van der Waals surface area (Å²) in [5.74, 6) is 2.85. The summed E-state index contributed by atoms with van der Waals surface area (Å²) in [5, 5.41) is 2.74. The van der Waals surface area contributed by atoms with Gasteiger partial charge in [-0.25, -0.2) is 10.1 Å². The summed E-state index contributed by atoms with van der Waals surface area (Å²) in [5.41, 5.74) is -0.309. The van der Waals surface area contributed by atoms with Crippen molar-refractivity contribution in [3.05, 3.63) is 0 Å². The molecule has 6 aliphatic carbocycles. The maximum atomic E-state index is 12.5. The van der Waals surface area contributed by atoms with Crippen LogP contribution in [0.2, 0.25) is 0 Å². The van der Waals surface area contributed by atoms with Crippen LogP contribution >= 0.6 is 0 Å². The fourth-order valence-corrected chi connectivity index (χ4v) is 7.09. The molecule has 108 valence electrons. The van der Waals surface area contributed by atoms with E-state index < -0.39 is 0 Å². The molecule has 0 bridgehead atoms. The number of rotatable bonds is 4. The summed E-state index contributed by atoms with van der Waals surface area (Å²) in [7, 11) is 6.42. The van der Waals surface area contributed by atoms with Crippen molar-refractivity contribution in [1.82, 2.24) is 10.1 Å². The molecule has 0 aromatic carbocycles. The van der Waals surface area contributed by atoms with Crippen LogP contribution in [-0.4, -0.2) is 50.3 Å². The SMILES string of the molecule is CON(C)C(=O)C12C3C4C1C1C2C3C41C(=O)N(C)OC. The van der Waals surface area contributed by atoms with Gasteiger partial charge in [-0.3, -0.25) is 19.3 Å². The Balaban J connectivity index is 1.42. The van der Waals surface area contributed by atoms with E-state index in [0.29, 0.717) is 35.5 Å². The molecule has 0 heterocycles. The second kappa shape index (κ2) is 2.76. The maximum Gasteiger partial charge on any atom is 0.252 e. The quantitative estimate of drug-likeness (QED) is 0.666. The number of nitrogens with zero attached hydrogens (tertiary/aromatic N) is 2. The first-order chi connectivity index (χ1) is 9.52. The Labute approximate surface area is 116 Å². The molecule has 6 saturated carbocycles. The molecule has 0 spiro atoms. The number of amides is 2.